The number of aryl methyl sites for hydroxylation is 2. The molecule has 0 N–H and O–H groups in total. The van der Waals surface area contributed by atoms with Gasteiger partial charge in [0.15, 0.2) is 0 Å². The van der Waals surface area contributed by atoms with Crippen molar-refractivity contribution in [1.29, 1.82) is 0 Å². The first-order valence-electron chi connectivity index (χ1n) is 6.68. The minimum atomic E-state index is 0.0367. The van der Waals surface area contributed by atoms with Gasteiger partial charge < -0.3 is 4.90 Å². The van der Waals surface area contributed by atoms with E-state index in [-0.39, 0.29) is 22.7 Å². The number of hydrogen-bond acceptors (Lipinski definition) is 1. The van der Waals surface area contributed by atoms with Gasteiger partial charge in [-0.1, -0.05) is 12.1 Å². The van der Waals surface area contributed by atoms with E-state index in [2.05, 4.69) is 30.0 Å². The van der Waals surface area contributed by atoms with Gasteiger partial charge in [0.1, 0.15) is 0 Å². The van der Waals surface area contributed by atoms with Crippen molar-refractivity contribution in [1.82, 2.24) is 0 Å². The van der Waals surface area contributed by atoms with Crippen molar-refractivity contribution < 1.29 is 4.79 Å². The lowest BCUT2D eigenvalue weighted by atomic mass is 9.83. The maximum absolute atomic E-state index is 12.5. The number of carbonyl (C=O) groups is 1. The Balaban J connectivity index is 1.89. The third-order valence-electron chi connectivity index (χ3n) is 4.96. The maximum atomic E-state index is 12.5. The second kappa shape index (κ2) is 3.30. The first-order valence-corrected chi connectivity index (χ1v) is 7.12. The Morgan fingerprint density at radius 3 is 3.06 bits per heavy atom. The summed E-state index contributed by atoms with van der Waals surface area (Å²) in [7, 11) is 0. The zero-order valence-corrected chi connectivity index (χ0v) is 11.2. The number of piperidine rings is 1. The summed E-state index contributed by atoms with van der Waals surface area (Å²) >= 11 is 6.33. The van der Waals surface area contributed by atoms with Crippen molar-refractivity contribution in [3.8, 4) is 0 Å². The molecule has 1 saturated carbocycles. The minimum Gasteiger partial charge on any atom is -0.306 e. The number of nitrogens with zero attached hydrogens (tertiary/aromatic N) is 1. The highest BCUT2D eigenvalue weighted by Gasteiger charge is 2.61. The molecule has 3 heteroatoms. The highest BCUT2D eigenvalue weighted by atomic mass is 35.5. The Morgan fingerprint density at radius 2 is 2.22 bits per heavy atom. The van der Waals surface area contributed by atoms with Gasteiger partial charge >= 0.3 is 0 Å². The molecule has 94 valence electrons. The Kier molecular flexibility index (Phi) is 1.99. The number of anilines is 1. The maximum Gasteiger partial charge on any atom is 0.232 e. The smallest absolute Gasteiger partial charge is 0.232 e. The average Bonchev–Trinajstić information content (AvgIpc) is 2.80. The molecular formula is C15H16ClNO. The van der Waals surface area contributed by atoms with E-state index < -0.39 is 0 Å². The molecule has 0 aromatic heterocycles. The molecule has 1 saturated heterocycles. The van der Waals surface area contributed by atoms with Gasteiger partial charge in [-0.3, -0.25) is 4.79 Å². The van der Waals surface area contributed by atoms with Crippen molar-refractivity contribution in [2.24, 2.45) is 5.92 Å². The summed E-state index contributed by atoms with van der Waals surface area (Å²) < 4.78 is 0. The van der Waals surface area contributed by atoms with Crippen LogP contribution in [-0.2, 0) is 11.2 Å². The molecular weight excluding hydrogens is 246 g/mol. The molecule has 4 rings (SSSR count). The highest BCUT2D eigenvalue weighted by Crippen LogP contribution is 2.56. The van der Waals surface area contributed by atoms with Crippen LogP contribution < -0.4 is 4.90 Å². The largest absolute Gasteiger partial charge is 0.306 e. The number of fused-ring (bicyclic) bond motifs is 3. The molecule has 18 heavy (non-hydrogen) atoms. The average molecular weight is 262 g/mol. The van der Waals surface area contributed by atoms with Gasteiger partial charge in [0.2, 0.25) is 5.91 Å². The molecule has 2 fully saturated rings. The van der Waals surface area contributed by atoms with E-state index in [0.717, 1.165) is 31.4 Å². The molecule has 2 aliphatic heterocycles. The highest BCUT2D eigenvalue weighted by molar-refractivity contribution is 6.24. The Hall–Kier alpha value is -1.02. The number of halogens is 1. The van der Waals surface area contributed by atoms with E-state index in [9.17, 15) is 4.79 Å². The van der Waals surface area contributed by atoms with Gasteiger partial charge in [-0.2, -0.15) is 0 Å². The quantitative estimate of drug-likeness (QED) is 0.658. The first kappa shape index (κ1) is 10.9. The lowest BCUT2D eigenvalue weighted by molar-refractivity contribution is -0.121. The third kappa shape index (κ3) is 1.17. The van der Waals surface area contributed by atoms with Crippen LogP contribution in [0.5, 0.6) is 0 Å². The van der Waals surface area contributed by atoms with Crippen molar-refractivity contribution in [2.75, 3.05) is 4.90 Å². The predicted octanol–water partition coefficient (Wildman–Crippen LogP) is 3.04. The van der Waals surface area contributed by atoms with Crippen LogP contribution in [0.2, 0.25) is 0 Å². The van der Waals surface area contributed by atoms with Gasteiger partial charge in [0.25, 0.3) is 0 Å². The van der Waals surface area contributed by atoms with E-state index in [1.807, 2.05) is 0 Å². The molecule has 1 aromatic carbocycles. The monoisotopic (exact) mass is 261 g/mol. The van der Waals surface area contributed by atoms with E-state index in [0.29, 0.717) is 0 Å². The van der Waals surface area contributed by atoms with Crippen LogP contribution in [0, 0.1) is 12.8 Å². The number of benzene rings is 1. The predicted molar refractivity (Wildman–Crippen MR) is 72.1 cm³/mol. The van der Waals surface area contributed by atoms with Gasteiger partial charge in [0.05, 0.1) is 11.5 Å². The van der Waals surface area contributed by atoms with Crippen LogP contribution in [-0.4, -0.2) is 16.8 Å². The number of alkyl halides is 1. The molecule has 2 bridgehead atoms. The fraction of sp³-hybridized carbons (Fsp3) is 0.533. The van der Waals surface area contributed by atoms with Crippen LogP contribution >= 0.6 is 11.6 Å². The van der Waals surface area contributed by atoms with Gasteiger partial charge in [0, 0.05) is 11.1 Å². The molecule has 0 radical (unpaired) electrons. The molecule has 1 aliphatic carbocycles. The number of hydrogen-bond donors (Lipinski definition) is 0. The van der Waals surface area contributed by atoms with Gasteiger partial charge in [-0.05, 0) is 49.8 Å². The van der Waals surface area contributed by atoms with Crippen LogP contribution in [0.15, 0.2) is 18.2 Å². The van der Waals surface area contributed by atoms with Crippen molar-refractivity contribution in [3.63, 3.8) is 0 Å². The normalized spacial score (nSPS) is 36.8. The van der Waals surface area contributed by atoms with E-state index >= 15 is 0 Å². The fourth-order valence-electron chi connectivity index (χ4n) is 4.10. The van der Waals surface area contributed by atoms with Crippen molar-refractivity contribution >= 4 is 23.2 Å². The van der Waals surface area contributed by atoms with Crippen LogP contribution in [0.25, 0.3) is 0 Å². The lowest BCUT2D eigenvalue weighted by Gasteiger charge is -2.44. The molecule has 2 nitrogen and oxygen atoms in total. The van der Waals surface area contributed by atoms with E-state index in [1.54, 1.807) is 0 Å². The molecule has 1 amide bonds. The summed E-state index contributed by atoms with van der Waals surface area (Å²) in [5, 5.41) is 0.0557. The Morgan fingerprint density at radius 1 is 1.39 bits per heavy atom. The first-order chi connectivity index (χ1) is 8.61. The summed E-state index contributed by atoms with van der Waals surface area (Å²) in [6.07, 6.45) is 4.09. The summed E-state index contributed by atoms with van der Waals surface area (Å²) in [4.78, 5) is 14.6. The minimum absolute atomic E-state index is 0.0367. The molecule has 0 unspecified atom stereocenters. The van der Waals surface area contributed by atoms with E-state index in [1.165, 1.54) is 11.1 Å². The van der Waals surface area contributed by atoms with Gasteiger partial charge in [-0.15, -0.1) is 11.6 Å². The lowest BCUT2D eigenvalue weighted by Crippen LogP contribution is -2.52. The van der Waals surface area contributed by atoms with Gasteiger partial charge in [-0.25, -0.2) is 0 Å². The van der Waals surface area contributed by atoms with Crippen molar-refractivity contribution in [3.05, 3.63) is 29.3 Å². The number of amides is 1. The van der Waals surface area contributed by atoms with E-state index in [4.69, 9.17) is 11.6 Å². The SMILES string of the molecule is Cc1ccc2c(c1)N1C(=O)[C@@H]3C[C@@]1(CC2)C[C@@H]3Cl. The molecule has 3 atom stereocenters. The molecule has 3 aliphatic rings. The third-order valence-corrected chi connectivity index (χ3v) is 5.42. The second-order valence-electron chi connectivity index (χ2n) is 6.06. The summed E-state index contributed by atoms with van der Waals surface area (Å²) in [5.74, 6) is 0.311. The Bertz CT molecular complexity index is 555. The summed E-state index contributed by atoms with van der Waals surface area (Å²) in [6.45, 7) is 2.09. The summed E-state index contributed by atoms with van der Waals surface area (Å²) in [5.41, 5.74) is 3.73. The zero-order chi connectivity index (χ0) is 12.5. The topological polar surface area (TPSA) is 20.3 Å². The van der Waals surface area contributed by atoms with Crippen LogP contribution in [0.3, 0.4) is 0 Å². The standard InChI is InChI=1S/C15H16ClNO/c1-9-2-3-10-4-5-15-7-11(12(16)8-15)14(18)17(15)13(10)6-9/h2-3,6,11-12H,4-5,7-8H2,1H3/t11-,12+,15+/m1/s1. The Labute approximate surface area is 112 Å². The second-order valence-corrected chi connectivity index (χ2v) is 6.62. The number of rotatable bonds is 0. The summed E-state index contributed by atoms with van der Waals surface area (Å²) in [6, 6.07) is 6.48. The number of carbonyl (C=O) groups excluding carboxylic acids is 1. The zero-order valence-electron chi connectivity index (χ0n) is 10.4. The fourth-order valence-corrected chi connectivity index (χ4v) is 4.59. The van der Waals surface area contributed by atoms with Crippen molar-refractivity contribution in [2.45, 2.75) is 43.5 Å². The molecule has 1 aromatic rings. The van der Waals surface area contributed by atoms with Crippen LogP contribution in [0.1, 0.15) is 30.4 Å². The molecule has 2 heterocycles. The molecule has 1 spiro atoms. The van der Waals surface area contributed by atoms with Crippen LogP contribution in [0.4, 0.5) is 5.69 Å².